The third-order valence-electron chi connectivity index (χ3n) is 4.05. The molecule has 1 rings (SSSR count). The third-order valence-corrected chi connectivity index (χ3v) is 6.09. The number of amides is 1. The molecule has 1 unspecified atom stereocenters. The lowest BCUT2D eigenvalue weighted by atomic mass is 10.1. The van der Waals surface area contributed by atoms with Crippen molar-refractivity contribution in [3.05, 3.63) is 29.3 Å². The van der Waals surface area contributed by atoms with E-state index in [2.05, 4.69) is 5.32 Å². The summed E-state index contributed by atoms with van der Waals surface area (Å²) in [6.45, 7) is 5.52. The van der Waals surface area contributed by atoms with Crippen LogP contribution in [0.4, 0.5) is 0 Å². The van der Waals surface area contributed by atoms with E-state index in [0.29, 0.717) is 5.56 Å². The SMILES string of the molecule is CCN(CC)S(=O)(=O)c1ccc(C)c(C(=O)NC(CCC(=O)O)C(=O)O)c1. The summed E-state index contributed by atoms with van der Waals surface area (Å²) in [6, 6.07) is 2.67. The van der Waals surface area contributed by atoms with Gasteiger partial charge in [-0.3, -0.25) is 9.59 Å². The number of rotatable bonds is 10. The normalized spacial score (nSPS) is 12.6. The lowest BCUT2D eigenvalue weighted by Crippen LogP contribution is -2.41. The summed E-state index contributed by atoms with van der Waals surface area (Å²) >= 11 is 0. The van der Waals surface area contributed by atoms with Crippen molar-refractivity contribution in [3.8, 4) is 0 Å². The molecule has 1 aromatic rings. The van der Waals surface area contributed by atoms with E-state index in [1.54, 1.807) is 20.8 Å². The zero-order chi connectivity index (χ0) is 20.8. The van der Waals surface area contributed by atoms with Crippen molar-refractivity contribution in [2.24, 2.45) is 0 Å². The van der Waals surface area contributed by atoms with Crippen molar-refractivity contribution >= 4 is 27.9 Å². The lowest BCUT2D eigenvalue weighted by Gasteiger charge is -2.20. The third kappa shape index (κ3) is 5.76. The van der Waals surface area contributed by atoms with E-state index in [-0.39, 0.29) is 30.0 Å². The van der Waals surface area contributed by atoms with Gasteiger partial charge in [-0.15, -0.1) is 0 Å². The van der Waals surface area contributed by atoms with Gasteiger partial charge in [-0.25, -0.2) is 13.2 Å². The fraction of sp³-hybridized carbons (Fsp3) is 0.471. The van der Waals surface area contributed by atoms with Gasteiger partial charge in [-0.2, -0.15) is 4.31 Å². The molecule has 0 saturated carbocycles. The van der Waals surface area contributed by atoms with Gasteiger partial charge in [0.1, 0.15) is 6.04 Å². The number of sulfonamides is 1. The molecule has 0 aliphatic rings. The van der Waals surface area contributed by atoms with Crippen LogP contribution in [-0.2, 0) is 19.6 Å². The van der Waals surface area contributed by atoms with E-state index in [4.69, 9.17) is 10.2 Å². The average molecular weight is 400 g/mol. The molecule has 0 aliphatic heterocycles. The van der Waals surface area contributed by atoms with Gasteiger partial charge < -0.3 is 15.5 Å². The second kappa shape index (κ2) is 9.47. The molecule has 1 aromatic carbocycles. The average Bonchev–Trinajstić information content (AvgIpc) is 2.58. The van der Waals surface area contributed by atoms with Gasteiger partial charge in [0.15, 0.2) is 0 Å². The number of nitrogens with one attached hydrogen (secondary N) is 1. The molecule has 0 bridgehead atoms. The van der Waals surface area contributed by atoms with Crippen LogP contribution in [0.3, 0.4) is 0 Å². The van der Waals surface area contributed by atoms with E-state index in [1.807, 2.05) is 0 Å². The topological polar surface area (TPSA) is 141 Å². The molecule has 0 saturated heterocycles. The standard InChI is InChI=1S/C17H24N2O7S/c1-4-19(5-2)27(25,26)12-7-6-11(3)13(10-12)16(22)18-14(17(23)24)8-9-15(20)21/h6-7,10,14H,4-5,8-9H2,1-3H3,(H,18,22)(H,20,21)(H,23,24). The van der Waals surface area contributed by atoms with E-state index in [1.165, 1.54) is 22.5 Å². The van der Waals surface area contributed by atoms with Crippen LogP contribution in [0.1, 0.15) is 42.6 Å². The van der Waals surface area contributed by atoms with Crippen molar-refractivity contribution in [2.75, 3.05) is 13.1 Å². The van der Waals surface area contributed by atoms with Crippen LogP contribution in [-0.4, -0.2) is 59.9 Å². The van der Waals surface area contributed by atoms with E-state index in [0.717, 1.165) is 0 Å². The highest BCUT2D eigenvalue weighted by Gasteiger charge is 2.26. The molecule has 10 heteroatoms. The molecule has 0 heterocycles. The van der Waals surface area contributed by atoms with Gasteiger partial charge in [-0.1, -0.05) is 19.9 Å². The highest BCUT2D eigenvalue weighted by Crippen LogP contribution is 2.20. The second-order valence-electron chi connectivity index (χ2n) is 5.86. The Labute approximate surface area is 158 Å². The van der Waals surface area contributed by atoms with Gasteiger partial charge in [0, 0.05) is 25.1 Å². The predicted octanol–water partition coefficient (Wildman–Crippen LogP) is 1.07. The summed E-state index contributed by atoms with van der Waals surface area (Å²) in [5.74, 6) is -3.32. The second-order valence-corrected chi connectivity index (χ2v) is 7.80. The van der Waals surface area contributed by atoms with Crippen LogP contribution < -0.4 is 5.32 Å². The number of carboxylic acid groups (broad SMARTS) is 2. The summed E-state index contributed by atoms with van der Waals surface area (Å²) in [5, 5.41) is 20.1. The summed E-state index contributed by atoms with van der Waals surface area (Å²) in [7, 11) is -3.78. The van der Waals surface area contributed by atoms with Crippen LogP contribution in [0.15, 0.2) is 23.1 Å². The Bertz CT molecular complexity index is 817. The quantitative estimate of drug-likeness (QED) is 0.533. The molecule has 3 N–H and O–H groups in total. The Morgan fingerprint density at radius 1 is 1.15 bits per heavy atom. The molecular weight excluding hydrogens is 376 g/mol. The number of benzene rings is 1. The molecular formula is C17H24N2O7S. The van der Waals surface area contributed by atoms with Crippen LogP contribution in [0.5, 0.6) is 0 Å². The number of carbonyl (C=O) groups excluding carboxylic acids is 1. The van der Waals surface area contributed by atoms with Crippen LogP contribution in [0.25, 0.3) is 0 Å². The number of carboxylic acids is 2. The smallest absolute Gasteiger partial charge is 0.326 e. The number of aliphatic carboxylic acids is 2. The van der Waals surface area contributed by atoms with Crippen molar-refractivity contribution in [2.45, 2.75) is 44.6 Å². The summed E-state index contributed by atoms with van der Waals surface area (Å²) in [5.41, 5.74) is 0.484. The maximum Gasteiger partial charge on any atom is 0.326 e. The molecule has 0 aromatic heterocycles. The first kappa shape index (κ1) is 22.6. The zero-order valence-corrected chi connectivity index (χ0v) is 16.2. The van der Waals surface area contributed by atoms with Gasteiger partial charge in [0.05, 0.1) is 4.90 Å². The van der Waals surface area contributed by atoms with Crippen LogP contribution in [0.2, 0.25) is 0 Å². The molecule has 9 nitrogen and oxygen atoms in total. The Balaban J connectivity index is 3.17. The number of hydrogen-bond acceptors (Lipinski definition) is 5. The molecule has 1 amide bonds. The van der Waals surface area contributed by atoms with Gasteiger partial charge in [0.25, 0.3) is 5.91 Å². The van der Waals surface area contributed by atoms with Crippen LogP contribution >= 0.6 is 0 Å². The van der Waals surface area contributed by atoms with Crippen molar-refractivity contribution in [1.82, 2.24) is 9.62 Å². The number of nitrogens with zero attached hydrogens (tertiary/aromatic N) is 1. The van der Waals surface area contributed by atoms with Crippen LogP contribution in [0, 0.1) is 6.92 Å². The summed E-state index contributed by atoms with van der Waals surface area (Å²) in [4.78, 5) is 34.3. The van der Waals surface area contributed by atoms with Gasteiger partial charge >= 0.3 is 11.9 Å². The molecule has 1 atom stereocenters. The molecule has 0 radical (unpaired) electrons. The molecule has 0 fully saturated rings. The Kier molecular flexibility index (Phi) is 7.92. The first-order valence-electron chi connectivity index (χ1n) is 8.40. The Morgan fingerprint density at radius 2 is 1.74 bits per heavy atom. The number of hydrogen-bond donors (Lipinski definition) is 3. The highest BCUT2D eigenvalue weighted by molar-refractivity contribution is 7.89. The van der Waals surface area contributed by atoms with Gasteiger partial charge in [-0.05, 0) is 31.0 Å². The molecule has 0 spiro atoms. The number of carbonyl (C=O) groups is 3. The van der Waals surface area contributed by atoms with Crippen molar-refractivity contribution < 1.29 is 33.0 Å². The van der Waals surface area contributed by atoms with Crippen molar-refractivity contribution in [3.63, 3.8) is 0 Å². The molecule has 27 heavy (non-hydrogen) atoms. The fourth-order valence-electron chi connectivity index (χ4n) is 2.48. The van der Waals surface area contributed by atoms with Gasteiger partial charge in [0.2, 0.25) is 10.0 Å². The maximum atomic E-state index is 12.6. The first-order valence-corrected chi connectivity index (χ1v) is 9.84. The maximum absolute atomic E-state index is 12.6. The fourth-order valence-corrected chi connectivity index (χ4v) is 3.96. The first-order chi connectivity index (χ1) is 12.5. The minimum absolute atomic E-state index is 0.0183. The van der Waals surface area contributed by atoms with E-state index >= 15 is 0 Å². The minimum Gasteiger partial charge on any atom is -0.481 e. The number of aryl methyl sites for hydroxylation is 1. The van der Waals surface area contributed by atoms with E-state index < -0.39 is 40.3 Å². The largest absolute Gasteiger partial charge is 0.481 e. The predicted molar refractivity (Wildman–Crippen MR) is 97.0 cm³/mol. The Hall–Kier alpha value is -2.46. The molecule has 0 aliphatic carbocycles. The van der Waals surface area contributed by atoms with E-state index in [9.17, 15) is 22.8 Å². The zero-order valence-electron chi connectivity index (χ0n) is 15.4. The lowest BCUT2D eigenvalue weighted by molar-refractivity contribution is -0.140. The Morgan fingerprint density at radius 3 is 2.22 bits per heavy atom. The summed E-state index contributed by atoms with van der Waals surface area (Å²) in [6.07, 6.45) is -0.709. The minimum atomic E-state index is -3.78. The van der Waals surface area contributed by atoms with Crippen molar-refractivity contribution in [1.29, 1.82) is 0 Å². The summed E-state index contributed by atoms with van der Waals surface area (Å²) < 4.78 is 26.5. The highest BCUT2D eigenvalue weighted by atomic mass is 32.2. The molecule has 150 valence electrons. The monoisotopic (exact) mass is 400 g/mol.